The number of rotatable bonds is 11. The molecule has 0 fully saturated rings. The number of nitrogens with zero attached hydrogens (tertiary/aromatic N) is 4. The second kappa shape index (κ2) is 12.8. The molecule has 0 saturated heterocycles. The molecule has 2 aliphatic heterocycles. The predicted molar refractivity (Wildman–Crippen MR) is 195 cm³/mol. The number of anilines is 1. The van der Waals surface area contributed by atoms with Gasteiger partial charge in [0.2, 0.25) is 5.69 Å². The highest BCUT2D eigenvalue weighted by Gasteiger charge is 2.45. The maximum atomic E-state index is 12.0. The van der Waals surface area contributed by atoms with Crippen LogP contribution in [0.1, 0.15) is 50.8 Å². The van der Waals surface area contributed by atoms with Crippen LogP contribution in [0.4, 0.5) is 11.4 Å². The molecule has 2 aromatic carbocycles. The molecule has 2 aliphatic rings. The van der Waals surface area contributed by atoms with E-state index in [4.69, 9.17) is 0 Å². The zero-order valence-corrected chi connectivity index (χ0v) is 32.1. The lowest BCUT2D eigenvalue weighted by Crippen LogP contribution is -2.40. The molecular formula is C37H54BrN4O3S+3. The standard InChI is InChI=1S/C37H53BrN4O3S/c1-27-13-17-32-30(25-27)36(2,3)35(40(32)22-24-42(9,10)11)20-15-28(38)14-19-34-37(4,5)31-26-29(46(43,44)45)16-18-33(31)39(34)21-12-23-41(6,7)8/h13-20,25-26H,12,21-24H2,1-11H3/q+2/p+1. The first-order valence-corrected chi connectivity index (χ1v) is 18.3. The fourth-order valence-corrected chi connectivity index (χ4v) is 7.33. The molecule has 7 nitrogen and oxygen atoms in total. The lowest BCUT2D eigenvalue weighted by molar-refractivity contribution is -0.876. The van der Waals surface area contributed by atoms with Crippen LogP contribution >= 0.6 is 15.9 Å². The number of aryl methyl sites for hydroxylation is 1. The molecule has 2 aromatic rings. The van der Waals surface area contributed by atoms with Gasteiger partial charge in [-0.3, -0.25) is 4.55 Å². The monoisotopic (exact) mass is 713 g/mol. The van der Waals surface area contributed by atoms with Gasteiger partial charge in [-0.25, -0.2) is 0 Å². The molecule has 4 rings (SSSR count). The van der Waals surface area contributed by atoms with Gasteiger partial charge in [-0.15, -0.1) is 0 Å². The minimum absolute atomic E-state index is 0.0752. The Morgan fingerprint density at radius 1 is 0.935 bits per heavy atom. The summed E-state index contributed by atoms with van der Waals surface area (Å²) in [6.07, 6.45) is 9.59. The highest BCUT2D eigenvalue weighted by atomic mass is 79.9. The number of fused-ring (bicyclic) bond motifs is 2. The summed E-state index contributed by atoms with van der Waals surface area (Å²) in [6.45, 7) is 14.8. The van der Waals surface area contributed by atoms with Crippen LogP contribution in [0, 0.1) is 6.92 Å². The zero-order chi connectivity index (χ0) is 34.5. The third kappa shape index (κ3) is 7.93. The zero-order valence-electron chi connectivity index (χ0n) is 29.6. The van der Waals surface area contributed by atoms with E-state index in [9.17, 15) is 13.0 Å². The largest absolute Gasteiger partial charge is 0.344 e. The van der Waals surface area contributed by atoms with Gasteiger partial charge in [0.05, 0.1) is 59.1 Å². The average molecular weight is 715 g/mol. The van der Waals surface area contributed by atoms with Gasteiger partial charge in [-0.2, -0.15) is 13.0 Å². The fourth-order valence-electron chi connectivity index (χ4n) is 6.56. The second-order valence-corrected chi connectivity index (χ2v) is 18.3. The molecule has 0 aromatic heterocycles. The Kier molecular flexibility index (Phi) is 10.1. The number of likely N-dealkylation sites (N-methyl/N-ethyl adjacent to an activating group) is 1. The van der Waals surface area contributed by atoms with Crippen molar-refractivity contribution in [2.75, 3.05) is 73.4 Å². The van der Waals surface area contributed by atoms with Gasteiger partial charge in [0.1, 0.15) is 6.54 Å². The highest BCUT2D eigenvalue weighted by molar-refractivity contribution is 9.11. The summed E-state index contributed by atoms with van der Waals surface area (Å²) in [4.78, 5) is 2.23. The number of allylic oxidation sites excluding steroid dienone is 6. The van der Waals surface area contributed by atoms with Crippen molar-refractivity contribution in [3.8, 4) is 0 Å². The molecule has 0 atom stereocenters. The summed E-state index contributed by atoms with van der Waals surface area (Å²) < 4.78 is 39.0. The smallest absolute Gasteiger partial charge is 0.294 e. The van der Waals surface area contributed by atoms with E-state index in [-0.39, 0.29) is 10.3 Å². The molecule has 0 radical (unpaired) electrons. The molecule has 250 valence electrons. The SMILES string of the molecule is Cc1ccc2c(c1)C(C)(C)C(/C=C/C(Br)=C/C=C1/N(CCC[N+](C)(C)C)c3ccc(S(=O)(=O)O)cc3C1(C)C)=[N+]2CC[N+](C)(C)C. The number of hydrogen-bond acceptors (Lipinski definition) is 3. The van der Waals surface area contributed by atoms with E-state index in [1.165, 1.54) is 28.6 Å². The van der Waals surface area contributed by atoms with Crippen LogP contribution in [0.2, 0.25) is 0 Å². The molecule has 2 heterocycles. The first-order chi connectivity index (χ1) is 21.0. The summed E-state index contributed by atoms with van der Waals surface area (Å²) >= 11 is 3.84. The molecule has 0 unspecified atom stereocenters. The minimum atomic E-state index is -4.31. The van der Waals surface area contributed by atoms with Crippen molar-refractivity contribution in [1.82, 2.24) is 0 Å². The van der Waals surface area contributed by atoms with Gasteiger partial charge < -0.3 is 13.9 Å². The Labute approximate surface area is 286 Å². The Hall–Kier alpha value is -2.56. The van der Waals surface area contributed by atoms with Crippen molar-refractivity contribution in [2.24, 2.45) is 0 Å². The Balaban J connectivity index is 1.73. The van der Waals surface area contributed by atoms with Crippen LogP contribution in [0.3, 0.4) is 0 Å². The summed E-state index contributed by atoms with van der Waals surface area (Å²) in [7, 11) is 8.96. The normalized spacial score (nSPS) is 19.0. The molecular weight excluding hydrogens is 660 g/mol. The molecule has 0 bridgehead atoms. The van der Waals surface area contributed by atoms with Crippen LogP contribution in [0.25, 0.3) is 0 Å². The van der Waals surface area contributed by atoms with Gasteiger partial charge in [0.15, 0.2) is 12.3 Å². The van der Waals surface area contributed by atoms with Crippen molar-refractivity contribution < 1.29 is 26.5 Å². The van der Waals surface area contributed by atoms with Crippen molar-refractivity contribution in [3.05, 3.63) is 87.6 Å². The highest BCUT2D eigenvalue weighted by Crippen LogP contribution is 2.48. The van der Waals surface area contributed by atoms with Gasteiger partial charge >= 0.3 is 0 Å². The molecule has 0 aliphatic carbocycles. The summed E-state index contributed by atoms with van der Waals surface area (Å²) in [5.41, 5.74) is 7.53. The lowest BCUT2D eigenvalue weighted by Gasteiger charge is -2.29. The van der Waals surface area contributed by atoms with Crippen molar-refractivity contribution >= 4 is 43.1 Å². The van der Waals surface area contributed by atoms with E-state index in [1.54, 1.807) is 6.07 Å². The Morgan fingerprint density at radius 3 is 2.20 bits per heavy atom. The third-order valence-electron chi connectivity index (χ3n) is 9.21. The Morgan fingerprint density at radius 2 is 1.59 bits per heavy atom. The molecule has 0 amide bonds. The minimum Gasteiger partial charge on any atom is -0.344 e. The number of hydrogen-bond donors (Lipinski definition) is 1. The molecule has 46 heavy (non-hydrogen) atoms. The third-order valence-corrected chi connectivity index (χ3v) is 10.6. The Bertz CT molecular complexity index is 1740. The maximum absolute atomic E-state index is 12.0. The van der Waals surface area contributed by atoms with Crippen molar-refractivity contribution in [1.29, 1.82) is 0 Å². The van der Waals surface area contributed by atoms with Gasteiger partial charge in [0, 0.05) is 52.0 Å². The first kappa shape index (κ1) is 36.3. The van der Waals surface area contributed by atoms with Crippen LogP contribution in [0.5, 0.6) is 0 Å². The number of benzene rings is 2. The summed E-state index contributed by atoms with van der Waals surface area (Å²) in [5.74, 6) is 0. The first-order valence-electron chi connectivity index (χ1n) is 16.0. The summed E-state index contributed by atoms with van der Waals surface area (Å²) in [5, 5.41) is 0. The number of quaternary nitrogens is 2. The van der Waals surface area contributed by atoms with E-state index in [1.807, 2.05) is 6.07 Å². The summed E-state index contributed by atoms with van der Waals surface area (Å²) in [6, 6.07) is 11.7. The van der Waals surface area contributed by atoms with Gasteiger partial charge in [0.25, 0.3) is 10.1 Å². The molecule has 0 spiro atoms. The predicted octanol–water partition coefficient (Wildman–Crippen LogP) is 6.94. The van der Waals surface area contributed by atoms with Gasteiger partial charge in [-0.1, -0.05) is 41.4 Å². The van der Waals surface area contributed by atoms with Gasteiger partial charge in [-0.05, 0) is 68.8 Å². The van der Waals surface area contributed by atoms with Crippen LogP contribution in [-0.2, 0) is 20.9 Å². The van der Waals surface area contributed by atoms with Crippen LogP contribution in [0.15, 0.2) is 75.8 Å². The van der Waals surface area contributed by atoms with Crippen molar-refractivity contribution in [2.45, 2.75) is 56.8 Å². The van der Waals surface area contributed by atoms with Crippen molar-refractivity contribution in [3.63, 3.8) is 0 Å². The lowest BCUT2D eigenvalue weighted by atomic mass is 9.81. The fraction of sp³-hybridized carbons (Fsp3) is 0.486. The number of halogens is 1. The quantitative estimate of drug-likeness (QED) is 0.119. The second-order valence-electron chi connectivity index (χ2n) is 15.9. The van der Waals surface area contributed by atoms with E-state index in [0.29, 0.717) is 0 Å². The molecule has 1 N–H and O–H groups in total. The molecule has 0 saturated carbocycles. The van der Waals surface area contributed by atoms with E-state index < -0.39 is 15.5 Å². The topological polar surface area (TPSA) is 60.6 Å². The van der Waals surface area contributed by atoms with E-state index in [2.05, 4.69) is 145 Å². The maximum Gasteiger partial charge on any atom is 0.294 e. The van der Waals surface area contributed by atoms with Crippen LogP contribution in [-0.4, -0.2) is 101 Å². The molecule has 9 heteroatoms. The van der Waals surface area contributed by atoms with E-state index >= 15 is 0 Å². The average Bonchev–Trinajstić information content (AvgIpc) is 3.25. The van der Waals surface area contributed by atoms with E-state index in [0.717, 1.165) is 63.0 Å². The van der Waals surface area contributed by atoms with Crippen LogP contribution < -0.4 is 4.90 Å².